The molecule has 2 fully saturated rings. The van der Waals surface area contributed by atoms with Gasteiger partial charge in [-0.05, 0) is 133 Å². The first-order valence-electron chi connectivity index (χ1n) is 30.1. The van der Waals surface area contributed by atoms with Gasteiger partial charge >= 0.3 is 59.7 Å². The van der Waals surface area contributed by atoms with Crippen LogP contribution in [-0.2, 0) is 93.9 Å². The number of nitriles is 2. The Bertz CT molecular complexity index is 3310. The number of carbonyl (C=O) groups is 10. The molecule has 3 aliphatic rings. The first-order chi connectivity index (χ1) is 44.1. The van der Waals surface area contributed by atoms with Crippen LogP contribution < -0.4 is 18.9 Å². The van der Waals surface area contributed by atoms with Gasteiger partial charge in [0, 0.05) is 25.0 Å². The number of ether oxygens (including phenoxy) is 11. The van der Waals surface area contributed by atoms with Gasteiger partial charge in [0.1, 0.15) is 65.6 Å². The van der Waals surface area contributed by atoms with Crippen LogP contribution in [0.3, 0.4) is 0 Å². The van der Waals surface area contributed by atoms with Crippen molar-refractivity contribution in [2.24, 2.45) is 23.7 Å². The first-order valence-corrected chi connectivity index (χ1v) is 31.7. The number of nitrogens with zero attached hydrogens (tertiary/aromatic N) is 2. The molecule has 1 heterocycles. The number of rotatable bonds is 31. The highest BCUT2D eigenvalue weighted by Gasteiger charge is 2.39. The van der Waals surface area contributed by atoms with Gasteiger partial charge in [0.05, 0.1) is 89.8 Å². The molecule has 2 aliphatic carbocycles. The molecule has 92 heavy (non-hydrogen) atoms. The summed E-state index contributed by atoms with van der Waals surface area (Å²) in [6.07, 6.45) is 2.95. The zero-order valence-corrected chi connectivity index (χ0v) is 53.6. The third-order valence-electron chi connectivity index (χ3n) is 15.0. The van der Waals surface area contributed by atoms with Crippen molar-refractivity contribution in [2.75, 3.05) is 33.0 Å². The number of benzene rings is 3. The van der Waals surface area contributed by atoms with E-state index < -0.39 is 102 Å². The average molecular weight is 1310 g/mol. The van der Waals surface area contributed by atoms with E-state index in [2.05, 4.69) is 13.2 Å². The summed E-state index contributed by atoms with van der Waals surface area (Å²) in [6.45, 7) is 15.0. The van der Waals surface area contributed by atoms with Crippen LogP contribution in [-0.4, -0.2) is 111 Å². The van der Waals surface area contributed by atoms with E-state index in [1.807, 2.05) is 12.1 Å². The molecule has 23 nitrogen and oxygen atoms in total. The number of hydrogen-bond acceptors (Lipinski definition) is 25. The molecule has 490 valence electrons. The number of esters is 10. The zero-order valence-electron chi connectivity index (χ0n) is 51.9. The van der Waals surface area contributed by atoms with Crippen molar-refractivity contribution >= 4 is 83.2 Å². The molecule has 0 saturated heterocycles. The normalized spacial score (nSPS) is 17.4. The summed E-state index contributed by atoms with van der Waals surface area (Å²) < 4.78 is 60.2. The summed E-state index contributed by atoms with van der Waals surface area (Å²) in [7, 11) is 0. The van der Waals surface area contributed by atoms with Gasteiger partial charge in [0.15, 0.2) is 0 Å². The lowest BCUT2D eigenvalue weighted by molar-refractivity contribution is -0.157. The minimum atomic E-state index is -0.701. The van der Waals surface area contributed by atoms with Crippen molar-refractivity contribution in [1.29, 1.82) is 10.5 Å². The van der Waals surface area contributed by atoms with Gasteiger partial charge in [-0.25, -0.2) is 9.59 Å². The van der Waals surface area contributed by atoms with Gasteiger partial charge in [-0.2, -0.15) is 10.5 Å². The molecule has 6 rings (SSSR count). The molecule has 1 aliphatic heterocycles. The van der Waals surface area contributed by atoms with E-state index in [4.69, 9.17) is 52.1 Å². The number of carbonyl (C=O) groups excluding carboxylic acids is 10. The predicted molar refractivity (Wildman–Crippen MR) is 329 cm³/mol. The van der Waals surface area contributed by atoms with Gasteiger partial charge < -0.3 is 52.1 Å². The molecule has 0 bridgehead atoms. The summed E-state index contributed by atoms with van der Waals surface area (Å²) >= 11 is 2.14. The second-order valence-electron chi connectivity index (χ2n) is 22.1. The average Bonchev–Trinajstić information content (AvgIpc) is 1.55. The highest BCUT2D eigenvalue weighted by molar-refractivity contribution is 8.24. The molecule has 25 heteroatoms. The van der Waals surface area contributed by atoms with E-state index in [9.17, 15) is 58.5 Å². The molecule has 0 amide bonds. The Hall–Kier alpha value is -8.78. The minimum Gasteiger partial charge on any atom is -0.465 e. The molecule has 0 radical (unpaired) electrons. The second-order valence-corrected chi connectivity index (χ2v) is 24.4. The van der Waals surface area contributed by atoms with Gasteiger partial charge in [-0.15, -0.1) is 0 Å². The Kier molecular flexibility index (Phi) is 28.5. The Labute approximate surface area is 541 Å². The maximum atomic E-state index is 13.9. The van der Waals surface area contributed by atoms with Crippen molar-refractivity contribution in [2.45, 2.75) is 153 Å². The smallest absolute Gasteiger partial charge is 0.330 e. The molecule has 2 saturated carbocycles. The molecule has 0 spiro atoms. The zero-order chi connectivity index (χ0) is 66.9. The Morgan fingerprint density at radius 1 is 0.489 bits per heavy atom. The van der Waals surface area contributed by atoms with Crippen molar-refractivity contribution in [3.8, 4) is 35.1 Å². The third-order valence-corrected chi connectivity index (χ3v) is 17.6. The predicted octanol–water partition coefficient (Wildman–Crippen LogP) is 9.85. The van der Waals surface area contributed by atoms with Crippen LogP contribution >= 0.6 is 23.5 Å². The maximum Gasteiger partial charge on any atom is 0.330 e. The second kappa shape index (κ2) is 36.3. The fourth-order valence-corrected chi connectivity index (χ4v) is 12.4. The summed E-state index contributed by atoms with van der Waals surface area (Å²) in [4.78, 5) is 127. The monoisotopic (exact) mass is 1310 g/mol. The molecule has 0 N–H and O–H groups in total. The van der Waals surface area contributed by atoms with Crippen molar-refractivity contribution in [3.05, 3.63) is 106 Å². The van der Waals surface area contributed by atoms with Gasteiger partial charge in [0.25, 0.3) is 0 Å². The Morgan fingerprint density at radius 3 is 1.21 bits per heavy atom. The molecular formula is C67H74N2O21S2. The summed E-state index contributed by atoms with van der Waals surface area (Å²) in [5.74, 6) is -6.61. The quantitative estimate of drug-likeness (QED) is 0.0190. The largest absolute Gasteiger partial charge is 0.465 e. The van der Waals surface area contributed by atoms with E-state index in [1.165, 1.54) is 0 Å². The van der Waals surface area contributed by atoms with E-state index in [1.54, 1.807) is 83.1 Å². The SMILES string of the molecule is C=CC(=O)OCC(C)OC(=O)CCC(=O)OCCc1ccc(OC(=O)C2CCC(C(=O)Oc3c(C)c(C)c(OC(=O)C4CCC(C(=O)Oc5ccc(CCOC(=O)CCC(=O)OC(C)COCC(C)OC(=O)C=C)cc5)CC4)c4c3SC(=C(C#N)C#N)S4)CC2)cc1. The number of hydrogen-bond donors (Lipinski definition) is 0. The van der Waals surface area contributed by atoms with Crippen LogP contribution in [0.5, 0.6) is 23.0 Å². The van der Waals surface area contributed by atoms with Crippen molar-refractivity contribution in [1.82, 2.24) is 0 Å². The van der Waals surface area contributed by atoms with E-state index in [0.717, 1.165) is 46.8 Å². The Balaban J connectivity index is 0.915. The van der Waals surface area contributed by atoms with Crippen LogP contribution in [0, 0.1) is 60.2 Å². The lowest BCUT2D eigenvalue weighted by atomic mass is 9.82. The van der Waals surface area contributed by atoms with E-state index in [0.29, 0.717) is 101 Å². The van der Waals surface area contributed by atoms with Crippen LogP contribution in [0.2, 0.25) is 0 Å². The molecule has 3 aromatic carbocycles. The molecular weight excluding hydrogens is 1230 g/mol. The third kappa shape index (κ3) is 22.6. The summed E-state index contributed by atoms with van der Waals surface area (Å²) in [5.41, 5.74) is 2.45. The van der Waals surface area contributed by atoms with Gasteiger partial charge in [-0.1, -0.05) is 60.9 Å². The highest BCUT2D eigenvalue weighted by Crippen LogP contribution is 2.61. The van der Waals surface area contributed by atoms with Gasteiger partial charge in [0.2, 0.25) is 0 Å². The summed E-state index contributed by atoms with van der Waals surface area (Å²) in [6, 6.07) is 17.3. The number of thioether (sulfide) groups is 2. The Morgan fingerprint density at radius 2 is 0.837 bits per heavy atom. The van der Waals surface area contributed by atoms with Gasteiger partial charge in [-0.3, -0.25) is 38.4 Å². The minimum absolute atomic E-state index is 0.0460. The van der Waals surface area contributed by atoms with Crippen LogP contribution in [0.4, 0.5) is 0 Å². The number of allylic oxidation sites excluding steroid dienone is 1. The van der Waals surface area contributed by atoms with Crippen LogP contribution in [0.15, 0.2) is 93.4 Å². The van der Waals surface area contributed by atoms with Crippen LogP contribution in [0.1, 0.15) is 120 Å². The number of fused-ring (bicyclic) bond motifs is 1. The van der Waals surface area contributed by atoms with Crippen LogP contribution in [0.25, 0.3) is 0 Å². The topological polar surface area (TPSA) is 320 Å². The van der Waals surface area contributed by atoms with Crippen molar-refractivity contribution < 1.29 is 100 Å². The first kappa shape index (κ1) is 72.3. The lowest BCUT2D eigenvalue weighted by Crippen LogP contribution is -2.31. The van der Waals surface area contributed by atoms with E-state index >= 15 is 0 Å². The summed E-state index contributed by atoms with van der Waals surface area (Å²) in [5, 5.41) is 19.6. The maximum absolute atomic E-state index is 13.9. The fourth-order valence-electron chi connectivity index (χ4n) is 9.78. The van der Waals surface area contributed by atoms with Crippen molar-refractivity contribution in [3.63, 3.8) is 0 Å². The molecule has 0 aromatic heterocycles. The fraction of sp³-hybridized carbons (Fsp3) is 0.463. The lowest BCUT2D eigenvalue weighted by Gasteiger charge is -2.27. The molecule has 3 atom stereocenters. The highest BCUT2D eigenvalue weighted by atomic mass is 32.2. The standard InChI is InChI=1S/C67H74N2O21S2/c1-8-53(70)83-38-41(5)86-58(75)29-27-56(73)82-33-31-45-12-24-52(25-13-45)88-64(77)47-16-20-49(21-17-47)66(79)90-60-43(7)42(6)59(61-62(60)92-67(91-61)50(34-68)35-69)89-65(78)48-18-14-46(15-19-48)63(76)87-51-22-10-44(11-23-51)30-32-81-55(72)26-28-57(74)85-40(4)37-80-36-39(3)84-54(71)9-2/h8-13,22-25,39-41,46-49H,1-2,14-21,26-33,36-38H2,3-7H3. The molecule has 3 unspecified atom stereocenters. The van der Waals surface area contributed by atoms with E-state index in [-0.39, 0.29) is 75.8 Å². The molecule has 3 aromatic rings.